The molecule has 0 bridgehead atoms. The molecule has 0 radical (unpaired) electrons. The van der Waals surface area contributed by atoms with E-state index < -0.39 is 0 Å². The van der Waals surface area contributed by atoms with Gasteiger partial charge in [0.1, 0.15) is 0 Å². The Morgan fingerprint density at radius 3 is 3.11 bits per heavy atom. The Kier molecular flexibility index (Phi) is 2.89. The summed E-state index contributed by atoms with van der Waals surface area (Å²) in [6.45, 7) is 4.53. The van der Waals surface area contributed by atoms with Gasteiger partial charge in [-0.3, -0.25) is 0 Å². The standard InChI is InChI=1S/C15H17N3/c1-2-9-18-10-8-16-15(18)17-14-7-6-12-4-3-5-13(12)11-14/h2,6-8,10-11H,1,3-5,9H2,(H,16,17). The molecule has 2 aromatic rings. The van der Waals surface area contributed by atoms with Gasteiger partial charge in [-0.05, 0) is 42.5 Å². The van der Waals surface area contributed by atoms with Gasteiger partial charge in [-0.15, -0.1) is 6.58 Å². The van der Waals surface area contributed by atoms with Crippen LogP contribution in [0.25, 0.3) is 0 Å². The predicted molar refractivity (Wildman–Crippen MR) is 74.2 cm³/mol. The highest BCUT2D eigenvalue weighted by molar-refractivity contribution is 5.57. The van der Waals surface area contributed by atoms with Gasteiger partial charge in [0.15, 0.2) is 0 Å². The second-order valence-electron chi connectivity index (χ2n) is 4.65. The minimum absolute atomic E-state index is 0.771. The van der Waals surface area contributed by atoms with Crippen LogP contribution in [0.2, 0.25) is 0 Å². The third-order valence-corrected chi connectivity index (χ3v) is 3.40. The molecule has 0 atom stereocenters. The Morgan fingerprint density at radius 1 is 1.33 bits per heavy atom. The molecule has 0 amide bonds. The Bertz CT molecular complexity index is 569. The van der Waals surface area contributed by atoms with Crippen molar-refractivity contribution < 1.29 is 0 Å². The minimum atomic E-state index is 0.771. The summed E-state index contributed by atoms with van der Waals surface area (Å²) in [6.07, 6.45) is 9.34. The van der Waals surface area contributed by atoms with Crippen molar-refractivity contribution in [3.63, 3.8) is 0 Å². The summed E-state index contributed by atoms with van der Waals surface area (Å²) < 4.78 is 2.04. The lowest BCUT2D eigenvalue weighted by molar-refractivity contribution is 0.833. The first-order chi connectivity index (χ1) is 8.86. The van der Waals surface area contributed by atoms with Gasteiger partial charge in [0.2, 0.25) is 5.95 Å². The molecule has 3 heteroatoms. The monoisotopic (exact) mass is 239 g/mol. The zero-order valence-corrected chi connectivity index (χ0v) is 10.4. The van der Waals surface area contributed by atoms with Crippen LogP contribution < -0.4 is 5.32 Å². The molecular weight excluding hydrogens is 222 g/mol. The highest BCUT2D eigenvalue weighted by atomic mass is 15.2. The molecule has 18 heavy (non-hydrogen) atoms. The van der Waals surface area contributed by atoms with Crippen LogP contribution in [0.4, 0.5) is 11.6 Å². The molecule has 1 N–H and O–H groups in total. The topological polar surface area (TPSA) is 29.9 Å². The number of nitrogens with one attached hydrogen (secondary N) is 1. The number of fused-ring (bicyclic) bond motifs is 1. The van der Waals surface area contributed by atoms with Gasteiger partial charge in [-0.2, -0.15) is 0 Å². The second kappa shape index (κ2) is 4.69. The Labute approximate surface area is 107 Å². The number of rotatable bonds is 4. The van der Waals surface area contributed by atoms with Gasteiger partial charge >= 0.3 is 0 Å². The van der Waals surface area contributed by atoms with Crippen LogP contribution in [0, 0.1) is 0 Å². The van der Waals surface area contributed by atoms with E-state index in [1.165, 1.54) is 30.4 Å². The molecule has 92 valence electrons. The first-order valence-electron chi connectivity index (χ1n) is 6.37. The molecule has 1 aromatic carbocycles. The lowest BCUT2D eigenvalue weighted by atomic mass is 10.1. The van der Waals surface area contributed by atoms with Gasteiger partial charge in [-0.25, -0.2) is 4.98 Å². The van der Waals surface area contributed by atoms with Crippen molar-refractivity contribution in [1.29, 1.82) is 0 Å². The van der Waals surface area contributed by atoms with E-state index in [0.717, 1.165) is 18.2 Å². The smallest absolute Gasteiger partial charge is 0.207 e. The lowest BCUT2D eigenvalue weighted by Gasteiger charge is -2.09. The predicted octanol–water partition coefficient (Wildman–Crippen LogP) is 3.30. The van der Waals surface area contributed by atoms with Crippen molar-refractivity contribution in [2.24, 2.45) is 0 Å². The lowest BCUT2D eigenvalue weighted by Crippen LogP contribution is -2.02. The molecule has 1 aromatic heterocycles. The maximum Gasteiger partial charge on any atom is 0.207 e. The molecule has 0 unspecified atom stereocenters. The summed E-state index contributed by atoms with van der Waals surface area (Å²) in [5.74, 6) is 0.868. The van der Waals surface area contributed by atoms with E-state index in [0.29, 0.717) is 0 Å². The molecule has 0 saturated heterocycles. The Hall–Kier alpha value is -2.03. The molecule has 0 spiro atoms. The molecule has 0 fully saturated rings. The van der Waals surface area contributed by atoms with Gasteiger partial charge in [0.05, 0.1) is 0 Å². The maximum atomic E-state index is 4.33. The van der Waals surface area contributed by atoms with Crippen molar-refractivity contribution in [1.82, 2.24) is 9.55 Å². The van der Waals surface area contributed by atoms with E-state index in [-0.39, 0.29) is 0 Å². The van der Waals surface area contributed by atoms with Gasteiger partial charge in [0, 0.05) is 24.6 Å². The highest BCUT2D eigenvalue weighted by Crippen LogP contribution is 2.26. The minimum Gasteiger partial charge on any atom is -0.326 e. The third kappa shape index (κ3) is 2.04. The fraction of sp³-hybridized carbons (Fsp3) is 0.267. The highest BCUT2D eigenvalue weighted by Gasteiger charge is 2.11. The van der Waals surface area contributed by atoms with E-state index in [1.807, 2.05) is 16.8 Å². The zero-order chi connectivity index (χ0) is 12.4. The van der Waals surface area contributed by atoms with E-state index in [2.05, 4.69) is 35.1 Å². The molecule has 3 nitrogen and oxygen atoms in total. The maximum absolute atomic E-state index is 4.33. The zero-order valence-electron chi connectivity index (χ0n) is 10.4. The van der Waals surface area contributed by atoms with E-state index in [4.69, 9.17) is 0 Å². The number of hydrogen-bond acceptors (Lipinski definition) is 2. The normalized spacial score (nSPS) is 13.3. The van der Waals surface area contributed by atoms with Crippen molar-refractivity contribution in [2.45, 2.75) is 25.8 Å². The van der Waals surface area contributed by atoms with Crippen molar-refractivity contribution >= 4 is 11.6 Å². The number of aromatic nitrogens is 2. The largest absolute Gasteiger partial charge is 0.326 e. The number of nitrogens with zero attached hydrogens (tertiary/aromatic N) is 2. The second-order valence-corrected chi connectivity index (χ2v) is 4.65. The summed E-state index contributed by atoms with van der Waals surface area (Å²) in [7, 11) is 0. The average Bonchev–Trinajstić information content (AvgIpc) is 2.99. The fourth-order valence-electron chi connectivity index (χ4n) is 2.50. The van der Waals surface area contributed by atoms with Crippen LogP contribution in [0.3, 0.4) is 0 Å². The van der Waals surface area contributed by atoms with Crippen molar-refractivity contribution in [3.8, 4) is 0 Å². The van der Waals surface area contributed by atoms with Gasteiger partial charge < -0.3 is 9.88 Å². The van der Waals surface area contributed by atoms with E-state index in [1.54, 1.807) is 6.20 Å². The molecule has 3 rings (SSSR count). The van der Waals surface area contributed by atoms with Gasteiger partial charge in [-0.1, -0.05) is 12.1 Å². The Balaban J connectivity index is 1.83. The SMILES string of the molecule is C=CCn1ccnc1Nc1ccc2c(c1)CCC2. The first-order valence-corrected chi connectivity index (χ1v) is 6.37. The summed E-state index contributed by atoms with van der Waals surface area (Å²) in [4.78, 5) is 4.33. The number of aryl methyl sites for hydroxylation is 2. The van der Waals surface area contributed by atoms with E-state index >= 15 is 0 Å². The fourth-order valence-corrected chi connectivity index (χ4v) is 2.50. The van der Waals surface area contributed by atoms with Crippen LogP contribution in [-0.2, 0) is 19.4 Å². The molecule has 1 heterocycles. The summed E-state index contributed by atoms with van der Waals surface area (Å²) >= 11 is 0. The average molecular weight is 239 g/mol. The van der Waals surface area contributed by atoms with Crippen LogP contribution >= 0.6 is 0 Å². The number of anilines is 2. The first kappa shape index (κ1) is 11.1. The van der Waals surface area contributed by atoms with Crippen LogP contribution in [0.15, 0.2) is 43.2 Å². The third-order valence-electron chi connectivity index (χ3n) is 3.40. The van der Waals surface area contributed by atoms with Crippen LogP contribution in [0.1, 0.15) is 17.5 Å². The number of benzene rings is 1. The molecule has 0 aliphatic heterocycles. The van der Waals surface area contributed by atoms with E-state index in [9.17, 15) is 0 Å². The summed E-state index contributed by atoms with van der Waals surface area (Å²) in [6, 6.07) is 6.61. The molecule has 1 aliphatic carbocycles. The Morgan fingerprint density at radius 2 is 2.22 bits per heavy atom. The quantitative estimate of drug-likeness (QED) is 0.830. The van der Waals surface area contributed by atoms with Crippen LogP contribution in [0.5, 0.6) is 0 Å². The number of hydrogen-bond donors (Lipinski definition) is 1. The summed E-state index contributed by atoms with van der Waals surface area (Å²) in [5, 5.41) is 3.37. The summed E-state index contributed by atoms with van der Waals surface area (Å²) in [5.41, 5.74) is 4.09. The molecule has 0 saturated carbocycles. The van der Waals surface area contributed by atoms with Crippen LogP contribution in [-0.4, -0.2) is 9.55 Å². The van der Waals surface area contributed by atoms with Crippen molar-refractivity contribution in [3.05, 3.63) is 54.4 Å². The van der Waals surface area contributed by atoms with Crippen molar-refractivity contribution in [2.75, 3.05) is 5.32 Å². The number of imidazole rings is 1. The number of allylic oxidation sites excluding steroid dienone is 1. The molecular formula is C15H17N3. The molecule has 1 aliphatic rings. The van der Waals surface area contributed by atoms with Gasteiger partial charge in [0.25, 0.3) is 0 Å².